The van der Waals surface area contributed by atoms with Crippen LogP contribution in [0.25, 0.3) is 21.8 Å². The predicted octanol–water partition coefficient (Wildman–Crippen LogP) is 6.95. The topological polar surface area (TPSA) is 46.9 Å². The Kier molecular flexibility index (Phi) is 6.22. The van der Waals surface area contributed by atoms with Gasteiger partial charge in [-0.1, -0.05) is 103 Å². The van der Waals surface area contributed by atoms with Gasteiger partial charge in [0.15, 0.2) is 0 Å². The van der Waals surface area contributed by atoms with Crippen LogP contribution in [-0.2, 0) is 13.0 Å². The number of hydrogen-bond donors (Lipinski definition) is 1. The molecule has 0 spiro atoms. The maximum absolute atomic E-state index is 13.3. The number of nitrogens with one attached hydrogen (secondary N) is 1. The lowest BCUT2D eigenvalue weighted by atomic mass is 10.0. The summed E-state index contributed by atoms with van der Waals surface area (Å²) >= 11 is 0. The Labute approximate surface area is 216 Å². The third kappa shape index (κ3) is 4.74. The number of benzene rings is 5. The summed E-state index contributed by atoms with van der Waals surface area (Å²) in [5.74, 6) is 0.743. The van der Waals surface area contributed by atoms with Gasteiger partial charge in [0.1, 0.15) is 5.82 Å². The molecule has 0 fully saturated rings. The van der Waals surface area contributed by atoms with E-state index in [2.05, 4.69) is 70.5 Å². The molecule has 0 saturated carbocycles. The van der Waals surface area contributed by atoms with E-state index in [4.69, 9.17) is 4.98 Å². The van der Waals surface area contributed by atoms with E-state index < -0.39 is 0 Å². The lowest BCUT2D eigenvalue weighted by Crippen LogP contribution is -2.32. The molecule has 6 aromatic rings. The fourth-order valence-electron chi connectivity index (χ4n) is 5.01. The first-order valence-electron chi connectivity index (χ1n) is 12.6. The monoisotopic (exact) mass is 481 g/mol. The van der Waals surface area contributed by atoms with Crippen molar-refractivity contribution in [3.05, 3.63) is 150 Å². The van der Waals surface area contributed by atoms with Gasteiger partial charge >= 0.3 is 0 Å². The van der Waals surface area contributed by atoms with Crippen LogP contribution in [0, 0.1) is 0 Å². The number of amides is 1. The summed E-state index contributed by atoms with van der Waals surface area (Å²) < 4.78 is 2.26. The molecule has 0 aliphatic rings. The highest BCUT2D eigenvalue weighted by atomic mass is 16.1. The number of fused-ring (bicyclic) bond motifs is 2. The predicted molar refractivity (Wildman–Crippen MR) is 150 cm³/mol. The first-order valence-corrected chi connectivity index (χ1v) is 12.6. The Morgan fingerprint density at radius 1 is 0.730 bits per heavy atom. The number of rotatable bonds is 7. The Hall–Kier alpha value is -4.70. The SMILES string of the molecule is O=C(NC(Cc1ccccc1)c1nc2ccccc2n1Cc1cccc2ccccc12)c1ccccc1. The summed E-state index contributed by atoms with van der Waals surface area (Å²) in [6, 6.07) is 42.4. The van der Waals surface area contributed by atoms with Gasteiger partial charge in [0.2, 0.25) is 0 Å². The molecule has 1 amide bonds. The van der Waals surface area contributed by atoms with E-state index >= 15 is 0 Å². The van der Waals surface area contributed by atoms with Crippen LogP contribution < -0.4 is 5.32 Å². The molecule has 1 atom stereocenters. The van der Waals surface area contributed by atoms with Gasteiger partial charge in [-0.2, -0.15) is 0 Å². The Morgan fingerprint density at radius 2 is 1.41 bits per heavy atom. The van der Waals surface area contributed by atoms with Crippen LogP contribution in [0.5, 0.6) is 0 Å². The van der Waals surface area contributed by atoms with Crippen molar-refractivity contribution in [1.29, 1.82) is 0 Å². The number of nitrogens with zero attached hydrogens (tertiary/aromatic N) is 2. The first-order chi connectivity index (χ1) is 18.3. The Morgan fingerprint density at radius 3 is 2.24 bits per heavy atom. The average Bonchev–Trinajstić information content (AvgIpc) is 3.32. The normalized spacial score (nSPS) is 12.0. The molecule has 0 saturated heterocycles. The van der Waals surface area contributed by atoms with E-state index in [0.717, 1.165) is 22.4 Å². The molecule has 1 heterocycles. The van der Waals surface area contributed by atoms with Crippen LogP contribution in [0.15, 0.2) is 127 Å². The zero-order valence-corrected chi connectivity index (χ0v) is 20.4. The van der Waals surface area contributed by atoms with E-state index in [-0.39, 0.29) is 11.9 Å². The molecule has 4 heteroatoms. The minimum absolute atomic E-state index is 0.106. The van der Waals surface area contributed by atoms with E-state index in [9.17, 15) is 4.79 Å². The minimum atomic E-state index is -0.308. The van der Waals surface area contributed by atoms with Crippen LogP contribution in [0.4, 0.5) is 0 Å². The van der Waals surface area contributed by atoms with Crippen LogP contribution in [0.1, 0.15) is 33.4 Å². The molecular formula is C33H27N3O. The second-order valence-corrected chi connectivity index (χ2v) is 9.26. The van der Waals surface area contributed by atoms with Crippen LogP contribution in [0.2, 0.25) is 0 Å². The van der Waals surface area contributed by atoms with Crippen molar-refractivity contribution in [2.45, 2.75) is 19.0 Å². The number of aromatic nitrogens is 2. The average molecular weight is 482 g/mol. The van der Waals surface area contributed by atoms with Gasteiger partial charge in [-0.15, -0.1) is 0 Å². The molecule has 37 heavy (non-hydrogen) atoms. The molecule has 0 aliphatic carbocycles. The quantitative estimate of drug-likeness (QED) is 0.268. The Balaban J connectivity index is 1.46. The molecule has 1 N–H and O–H groups in total. The van der Waals surface area contributed by atoms with Crippen molar-refractivity contribution in [2.75, 3.05) is 0 Å². The van der Waals surface area contributed by atoms with Crippen molar-refractivity contribution in [1.82, 2.24) is 14.9 Å². The molecule has 4 nitrogen and oxygen atoms in total. The molecule has 0 aliphatic heterocycles. The first kappa shape index (κ1) is 22.7. The van der Waals surface area contributed by atoms with Crippen molar-refractivity contribution in [3.63, 3.8) is 0 Å². The highest BCUT2D eigenvalue weighted by Crippen LogP contribution is 2.27. The van der Waals surface area contributed by atoms with Crippen LogP contribution in [-0.4, -0.2) is 15.5 Å². The third-order valence-corrected chi connectivity index (χ3v) is 6.83. The molecular weight excluding hydrogens is 454 g/mol. The standard InChI is InChI=1S/C33H27N3O/c37-33(26-15-5-2-6-16-26)35-30(22-24-12-3-1-4-13-24)32-34-29-20-9-10-21-31(29)36(32)23-27-18-11-17-25-14-7-8-19-28(25)27/h1-21,30H,22-23H2,(H,35,37). The van der Waals surface area contributed by atoms with Crippen molar-refractivity contribution < 1.29 is 4.79 Å². The summed E-state index contributed by atoms with van der Waals surface area (Å²) in [7, 11) is 0. The maximum Gasteiger partial charge on any atom is 0.251 e. The van der Waals surface area contributed by atoms with Gasteiger partial charge in [0.25, 0.3) is 5.91 Å². The molecule has 180 valence electrons. The maximum atomic E-state index is 13.3. The van der Waals surface area contributed by atoms with Gasteiger partial charge in [-0.25, -0.2) is 4.98 Å². The van der Waals surface area contributed by atoms with Gasteiger partial charge < -0.3 is 9.88 Å². The van der Waals surface area contributed by atoms with Crippen molar-refractivity contribution in [2.24, 2.45) is 0 Å². The summed E-state index contributed by atoms with van der Waals surface area (Å²) in [5, 5.41) is 5.74. The number of carbonyl (C=O) groups is 1. The lowest BCUT2D eigenvalue weighted by Gasteiger charge is -2.21. The minimum Gasteiger partial charge on any atom is -0.342 e. The zero-order valence-electron chi connectivity index (χ0n) is 20.4. The molecule has 1 aromatic heterocycles. The molecule has 0 radical (unpaired) electrons. The van der Waals surface area contributed by atoms with Gasteiger partial charge in [0.05, 0.1) is 23.6 Å². The van der Waals surface area contributed by atoms with Gasteiger partial charge in [-0.05, 0) is 52.6 Å². The second kappa shape index (κ2) is 10.1. The van der Waals surface area contributed by atoms with E-state index in [0.29, 0.717) is 18.5 Å². The number of carbonyl (C=O) groups excluding carboxylic acids is 1. The smallest absolute Gasteiger partial charge is 0.251 e. The van der Waals surface area contributed by atoms with Crippen molar-refractivity contribution >= 4 is 27.7 Å². The lowest BCUT2D eigenvalue weighted by molar-refractivity contribution is 0.0934. The molecule has 5 aromatic carbocycles. The van der Waals surface area contributed by atoms with Crippen molar-refractivity contribution in [3.8, 4) is 0 Å². The molecule has 1 unspecified atom stereocenters. The summed E-state index contributed by atoms with van der Waals surface area (Å²) in [5.41, 5.74) is 4.97. The van der Waals surface area contributed by atoms with E-state index in [1.54, 1.807) is 0 Å². The summed E-state index contributed by atoms with van der Waals surface area (Å²) in [6.45, 7) is 0.656. The summed E-state index contributed by atoms with van der Waals surface area (Å²) in [4.78, 5) is 18.4. The van der Waals surface area contributed by atoms with E-state index in [1.165, 1.54) is 16.3 Å². The van der Waals surface area contributed by atoms with E-state index in [1.807, 2.05) is 66.7 Å². The van der Waals surface area contributed by atoms with Crippen LogP contribution >= 0.6 is 0 Å². The van der Waals surface area contributed by atoms with Crippen LogP contribution in [0.3, 0.4) is 0 Å². The number of imidazole rings is 1. The molecule has 6 rings (SSSR count). The third-order valence-electron chi connectivity index (χ3n) is 6.83. The summed E-state index contributed by atoms with van der Waals surface area (Å²) in [6.07, 6.45) is 0.637. The van der Waals surface area contributed by atoms with Gasteiger partial charge in [0, 0.05) is 5.56 Å². The highest BCUT2D eigenvalue weighted by molar-refractivity contribution is 5.94. The molecule has 0 bridgehead atoms. The zero-order chi connectivity index (χ0) is 25.0. The highest BCUT2D eigenvalue weighted by Gasteiger charge is 2.24. The largest absolute Gasteiger partial charge is 0.342 e. The fourth-order valence-corrected chi connectivity index (χ4v) is 5.01. The number of para-hydroxylation sites is 2. The second-order valence-electron chi connectivity index (χ2n) is 9.26. The number of hydrogen-bond acceptors (Lipinski definition) is 2. The van der Waals surface area contributed by atoms with Gasteiger partial charge in [-0.3, -0.25) is 4.79 Å². The fraction of sp³-hybridized carbons (Fsp3) is 0.0909. The Bertz CT molecular complexity index is 1670.